The fourth-order valence-corrected chi connectivity index (χ4v) is 2.76. The second-order valence-electron chi connectivity index (χ2n) is 5.57. The molecule has 1 fully saturated rings. The standard InChI is InChI=1S/C18H19N5O/c19-13-15-5-4-8-20-18(15)21-14-17(24)23-11-9-22(10-12-23)16-6-2-1-3-7-16/h1-8H,9-12,14H2,(H,20,21). The van der Waals surface area contributed by atoms with Crippen molar-refractivity contribution in [3.05, 3.63) is 54.2 Å². The second kappa shape index (κ2) is 7.47. The van der Waals surface area contributed by atoms with Gasteiger partial charge in [-0.1, -0.05) is 18.2 Å². The van der Waals surface area contributed by atoms with E-state index in [1.54, 1.807) is 18.3 Å². The average Bonchev–Trinajstić information content (AvgIpc) is 2.67. The van der Waals surface area contributed by atoms with Gasteiger partial charge in [-0.2, -0.15) is 5.26 Å². The molecule has 0 aliphatic carbocycles. The third-order valence-corrected chi connectivity index (χ3v) is 4.09. The van der Waals surface area contributed by atoms with Gasteiger partial charge in [0.2, 0.25) is 5.91 Å². The van der Waals surface area contributed by atoms with Crippen LogP contribution in [0.25, 0.3) is 0 Å². The fraction of sp³-hybridized carbons (Fsp3) is 0.278. The second-order valence-corrected chi connectivity index (χ2v) is 5.57. The minimum absolute atomic E-state index is 0.0252. The molecule has 0 spiro atoms. The molecule has 2 heterocycles. The summed E-state index contributed by atoms with van der Waals surface area (Å²) in [5.74, 6) is 0.480. The van der Waals surface area contributed by atoms with Gasteiger partial charge >= 0.3 is 0 Å². The Hall–Kier alpha value is -3.07. The summed E-state index contributed by atoms with van der Waals surface area (Å²) in [6.07, 6.45) is 1.60. The van der Waals surface area contributed by atoms with Crippen molar-refractivity contribution in [1.82, 2.24) is 9.88 Å². The molecule has 24 heavy (non-hydrogen) atoms. The quantitative estimate of drug-likeness (QED) is 0.928. The van der Waals surface area contributed by atoms with Crippen molar-refractivity contribution >= 4 is 17.4 Å². The van der Waals surface area contributed by atoms with Crippen LogP contribution in [0.3, 0.4) is 0 Å². The third-order valence-electron chi connectivity index (χ3n) is 4.09. The monoisotopic (exact) mass is 321 g/mol. The number of hydrogen-bond donors (Lipinski definition) is 1. The predicted octanol–water partition coefficient (Wildman–Crippen LogP) is 1.71. The highest BCUT2D eigenvalue weighted by Crippen LogP contribution is 2.16. The largest absolute Gasteiger partial charge is 0.368 e. The molecule has 0 bridgehead atoms. The van der Waals surface area contributed by atoms with Crippen LogP contribution in [0.2, 0.25) is 0 Å². The Bertz CT molecular complexity index is 733. The Kier molecular flexibility index (Phi) is 4.92. The van der Waals surface area contributed by atoms with Crippen LogP contribution in [0.4, 0.5) is 11.5 Å². The molecule has 3 rings (SSSR count). The lowest BCUT2D eigenvalue weighted by molar-refractivity contribution is -0.129. The number of amides is 1. The van der Waals surface area contributed by atoms with Crippen molar-refractivity contribution < 1.29 is 4.79 Å². The molecular weight excluding hydrogens is 302 g/mol. The molecule has 0 atom stereocenters. The third kappa shape index (κ3) is 3.63. The molecule has 1 amide bonds. The molecule has 6 nitrogen and oxygen atoms in total. The zero-order chi connectivity index (χ0) is 16.8. The molecular formula is C18H19N5O. The number of anilines is 2. The van der Waals surface area contributed by atoms with Gasteiger partial charge in [-0.3, -0.25) is 4.79 Å². The Labute approximate surface area is 141 Å². The summed E-state index contributed by atoms with van der Waals surface area (Å²) < 4.78 is 0. The maximum Gasteiger partial charge on any atom is 0.242 e. The molecule has 1 saturated heterocycles. The first-order chi connectivity index (χ1) is 11.8. The number of pyridine rings is 1. The van der Waals surface area contributed by atoms with E-state index in [1.165, 1.54) is 5.69 Å². The van der Waals surface area contributed by atoms with Crippen LogP contribution in [0.5, 0.6) is 0 Å². The van der Waals surface area contributed by atoms with Gasteiger partial charge in [0.1, 0.15) is 11.9 Å². The van der Waals surface area contributed by atoms with E-state index in [0.29, 0.717) is 24.5 Å². The van der Waals surface area contributed by atoms with Crippen molar-refractivity contribution in [2.45, 2.75) is 0 Å². The molecule has 0 radical (unpaired) electrons. The minimum atomic E-state index is 0.0252. The van der Waals surface area contributed by atoms with E-state index < -0.39 is 0 Å². The molecule has 0 unspecified atom stereocenters. The van der Waals surface area contributed by atoms with Crippen molar-refractivity contribution in [3.8, 4) is 6.07 Å². The summed E-state index contributed by atoms with van der Waals surface area (Å²) in [6, 6.07) is 15.7. The van der Waals surface area contributed by atoms with Gasteiger partial charge in [0, 0.05) is 38.1 Å². The van der Waals surface area contributed by atoms with Crippen LogP contribution in [-0.2, 0) is 4.79 Å². The smallest absolute Gasteiger partial charge is 0.242 e. The highest BCUT2D eigenvalue weighted by Gasteiger charge is 2.21. The molecule has 1 aromatic heterocycles. The van der Waals surface area contributed by atoms with E-state index in [1.807, 2.05) is 23.1 Å². The number of benzene rings is 1. The minimum Gasteiger partial charge on any atom is -0.368 e. The molecule has 1 aliphatic rings. The van der Waals surface area contributed by atoms with E-state index in [0.717, 1.165) is 13.1 Å². The zero-order valence-corrected chi connectivity index (χ0v) is 13.4. The number of carbonyl (C=O) groups excluding carboxylic acids is 1. The van der Waals surface area contributed by atoms with E-state index >= 15 is 0 Å². The Morgan fingerprint density at radius 1 is 1.12 bits per heavy atom. The Balaban J connectivity index is 1.51. The number of para-hydroxylation sites is 1. The number of aromatic nitrogens is 1. The van der Waals surface area contributed by atoms with Crippen LogP contribution in [-0.4, -0.2) is 48.5 Å². The van der Waals surface area contributed by atoms with Crippen LogP contribution in [0, 0.1) is 11.3 Å². The number of nitrogens with zero attached hydrogens (tertiary/aromatic N) is 4. The Morgan fingerprint density at radius 2 is 1.88 bits per heavy atom. The van der Waals surface area contributed by atoms with Gasteiger partial charge in [-0.25, -0.2) is 4.98 Å². The first kappa shape index (κ1) is 15.8. The van der Waals surface area contributed by atoms with Crippen molar-refractivity contribution in [1.29, 1.82) is 5.26 Å². The van der Waals surface area contributed by atoms with Gasteiger partial charge in [0.15, 0.2) is 0 Å². The van der Waals surface area contributed by atoms with Gasteiger partial charge < -0.3 is 15.1 Å². The van der Waals surface area contributed by atoms with Crippen molar-refractivity contribution in [2.75, 3.05) is 42.9 Å². The highest BCUT2D eigenvalue weighted by atomic mass is 16.2. The van der Waals surface area contributed by atoms with Crippen LogP contribution in [0.1, 0.15) is 5.56 Å². The lowest BCUT2D eigenvalue weighted by Crippen LogP contribution is -2.50. The van der Waals surface area contributed by atoms with Crippen molar-refractivity contribution in [2.24, 2.45) is 0 Å². The molecule has 0 saturated carbocycles. The van der Waals surface area contributed by atoms with Gasteiger partial charge in [0.25, 0.3) is 0 Å². The van der Waals surface area contributed by atoms with Crippen LogP contribution in [0.15, 0.2) is 48.7 Å². The SMILES string of the molecule is N#Cc1cccnc1NCC(=O)N1CCN(c2ccccc2)CC1. The lowest BCUT2D eigenvalue weighted by atomic mass is 10.2. The highest BCUT2D eigenvalue weighted by molar-refractivity contribution is 5.81. The summed E-state index contributed by atoms with van der Waals surface area (Å²) >= 11 is 0. The van der Waals surface area contributed by atoms with Gasteiger partial charge in [0.05, 0.1) is 12.1 Å². The van der Waals surface area contributed by atoms with Gasteiger partial charge in [-0.15, -0.1) is 0 Å². The number of rotatable bonds is 4. The topological polar surface area (TPSA) is 72.3 Å². The predicted molar refractivity (Wildman–Crippen MR) is 92.7 cm³/mol. The number of nitriles is 1. The van der Waals surface area contributed by atoms with E-state index in [-0.39, 0.29) is 12.5 Å². The summed E-state index contributed by atoms with van der Waals surface area (Å²) in [5, 5.41) is 12.0. The fourth-order valence-electron chi connectivity index (χ4n) is 2.76. The summed E-state index contributed by atoms with van der Waals surface area (Å²) in [5.41, 5.74) is 1.63. The number of nitrogens with one attached hydrogen (secondary N) is 1. The normalized spacial score (nSPS) is 14.1. The first-order valence-corrected chi connectivity index (χ1v) is 7.94. The molecule has 1 N–H and O–H groups in total. The van der Waals surface area contributed by atoms with Gasteiger partial charge in [-0.05, 0) is 24.3 Å². The number of piperazine rings is 1. The molecule has 1 aliphatic heterocycles. The molecule has 6 heteroatoms. The Morgan fingerprint density at radius 3 is 2.58 bits per heavy atom. The molecule has 122 valence electrons. The summed E-state index contributed by atoms with van der Waals surface area (Å²) in [7, 11) is 0. The van der Waals surface area contributed by atoms with E-state index in [2.05, 4.69) is 33.4 Å². The van der Waals surface area contributed by atoms with Crippen LogP contribution < -0.4 is 10.2 Å². The lowest BCUT2D eigenvalue weighted by Gasteiger charge is -2.36. The molecule has 2 aromatic rings. The van der Waals surface area contributed by atoms with Crippen LogP contribution >= 0.6 is 0 Å². The number of hydrogen-bond acceptors (Lipinski definition) is 5. The number of carbonyl (C=O) groups is 1. The molecule has 1 aromatic carbocycles. The van der Waals surface area contributed by atoms with E-state index in [4.69, 9.17) is 5.26 Å². The maximum absolute atomic E-state index is 12.3. The average molecular weight is 321 g/mol. The zero-order valence-electron chi connectivity index (χ0n) is 13.4. The summed E-state index contributed by atoms with van der Waals surface area (Å²) in [4.78, 5) is 20.6. The van der Waals surface area contributed by atoms with Crippen molar-refractivity contribution in [3.63, 3.8) is 0 Å². The first-order valence-electron chi connectivity index (χ1n) is 7.94. The maximum atomic E-state index is 12.3. The summed E-state index contributed by atoms with van der Waals surface area (Å²) in [6.45, 7) is 3.19. The van der Waals surface area contributed by atoms with E-state index in [9.17, 15) is 4.79 Å².